The van der Waals surface area contributed by atoms with E-state index in [-0.39, 0.29) is 17.3 Å². The van der Waals surface area contributed by atoms with Gasteiger partial charge in [-0.05, 0) is 6.07 Å². The van der Waals surface area contributed by atoms with Crippen LogP contribution >= 0.6 is 0 Å². The number of anilines is 2. The van der Waals surface area contributed by atoms with Gasteiger partial charge in [-0.25, -0.2) is 0 Å². The summed E-state index contributed by atoms with van der Waals surface area (Å²) < 4.78 is 0. The van der Waals surface area contributed by atoms with E-state index in [2.05, 4.69) is 26.9 Å². The molecule has 5 N–H and O–H groups in total. The number of fused-ring (bicyclic) bond motifs is 4. The Morgan fingerprint density at radius 2 is 2.05 bits per heavy atom. The number of H-pyrrole nitrogens is 1. The van der Waals surface area contributed by atoms with Gasteiger partial charge in [-0.2, -0.15) is 10.4 Å². The van der Waals surface area contributed by atoms with Gasteiger partial charge >= 0.3 is 0 Å². The molecule has 0 aliphatic carbocycles. The van der Waals surface area contributed by atoms with Crippen molar-refractivity contribution >= 4 is 17.4 Å². The summed E-state index contributed by atoms with van der Waals surface area (Å²) in [7, 11) is 0. The quantitative estimate of drug-likeness (QED) is 0.567. The Bertz CT molecular complexity index is 858. The van der Waals surface area contributed by atoms with Crippen molar-refractivity contribution in [1.82, 2.24) is 10.2 Å². The highest BCUT2D eigenvalue weighted by Gasteiger charge is 2.56. The second-order valence-corrected chi connectivity index (χ2v) is 4.93. The van der Waals surface area contributed by atoms with E-state index in [1.54, 1.807) is 12.3 Å². The molecule has 2 aliphatic rings. The Balaban J connectivity index is 2.16. The van der Waals surface area contributed by atoms with Crippen molar-refractivity contribution in [3.63, 3.8) is 0 Å². The topological polar surface area (TPSA) is 120 Å². The first-order chi connectivity index (χ1) is 10.2. The maximum atomic E-state index is 12.8. The first kappa shape index (κ1) is 11.5. The molecule has 1 unspecified atom stereocenters. The predicted octanol–water partition coefficient (Wildman–Crippen LogP) is 0.767. The molecule has 102 valence electrons. The minimum atomic E-state index is -1.25. The molecule has 2 aliphatic heterocycles. The smallest absolute Gasteiger partial charge is 0.245 e. The van der Waals surface area contributed by atoms with Crippen LogP contribution in [-0.2, 0) is 10.2 Å². The first-order valence-electron chi connectivity index (χ1n) is 6.31. The minimum Gasteiger partial charge on any atom is -0.384 e. The fraction of sp³-hybridized carbons (Fsp3) is 0.0714. The van der Waals surface area contributed by atoms with Crippen LogP contribution in [0.25, 0.3) is 0 Å². The van der Waals surface area contributed by atoms with E-state index in [4.69, 9.17) is 5.73 Å². The predicted molar refractivity (Wildman–Crippen MR) is 74.9 cm³/mol. The van der Waals surface area contributed by atoms with E-state index in [0.717, 1.165) is 0 Å². The van der Waals surface area contributed by atoms with Crippen LogP contribution in [0.4, 0.5) is 11.5 Å². The highest BCUT2D eigenvalue weighted by molar-refractivity contribution is 6.13. The maximum absolute atomic E-state index is 12.8. The molecular formula is C14H10N6O. The Hall–Kier alpha value is -3.27. The number of nitrogens with zero attached hydrogens (tertiary/aromatic N) is 2. The van der Waals surface area contributed by atoms with Crippen molar-refractivity contribution < 1.29 is 4.79 Å². The summed E-state index contributed by atoms with van der Waals surface area (Å²) in [6, 6.07) is 9.35. The van der Waals surface area contributed by atoms with Gasteiger partial charge in [-0.3, -0.25) is 9.89 Å². The second kappa shape index (κ2) is 3.64. The third-order valence-corrected chi connectivity index (χ3v) is 3.98. The number of amides is 1. The maximum Gasteiger partial charge on any atom is 0.245 e. The van der Waals surface area contributed by atoms with E-state index >= 15 is 0 Å². The molecule has 1 aromatic heterocycles. The number of carbonyl (C=O) groups is 1. The van der Waals surface area contributed by atoms with Crippen LogP contribution < -0.4 is 16.4 Å². The minimum absolute atomic E-state index is 0.154. The van der Waals surface area contributed by atoms with Gasteiger partial charge in [0.25, 0.3) is 0 Å². The molecule has 7 nitrogen and oxygen atoms in total. The number of nitrogens with one attached hydrogen (secondary N) is 3. The Morgan fingerprint density at radius 1 is 1.24 bits per heavy atom. The zero-order valence-electron chi connectivity index (χ0n) is 10.8. The van der Waals surface area contributed by atoms with E-state index in [9.17, 15) is 10.1 Å². The van der Waals surface area contributed by atoms with Crippen LogP contribution in [0.1, 0.15) is 11.1 Å². The van der Waals surface area contributed by atoms with Crippen LogP contribution in [0.5, 0.6) is 0 Å². The van der Waals surface area contributed by atoms with Crippen molar-refractivity contribution in [1.29, 1.82) is 5.26 Å². The van der Waals surface area contributed by atoms with Crippen LogP contribution in [-0.4, -0.2) is 16.1 Å². The van der Waals surface area contributed by atoms with Crippen molar-refractivity contribution in [3.05, 3.63) is 53.0 Å². The van der Waals surface area contributed by atoms with Gasteiger partial charge in [0.2, 0.25) is 5.91 Å². The molecule has 3 heterocycles. The fourth-order valence-electron chi connectivity index (χ4n) is 3.12. The number of hydrogen-bond acceptors (Lipinski definition) is 5. The lowest BCUT2D eigenvalue weighted by Gasteiger charge is -2.31. The summed E-state index contributed by atoms with van der Waals surface area (Å²) in [5.41, 5.74) is 6.87. The Kier molecular flexibility index (Phi) is 2.00. The summed E-state index contributed by atoms with van der Waals surface area (Å²) in [5, 5.41) is 22.0. The average molecular weight is 278 g/mol. The summed E-state index contributed by atoms with van der Waals surface area (Å²) >= 11 is 0. The molecule has 0 saturated carbocycles. The van der Waals surface area contributed by atoms with Gasteiger partial charge in [0.15, 0.2) is 0 Å². The third-order valence-electron chi connectivity index (χ3n) is 3.98. The van der Waals surface area contributed by atoms with Gasteiger partial charge in [0.05, 0.1) is 11.8 Å². The Labute approximate surface area is 119 Å². The lowest BCUT2D eigenvalue weighted by molar-refractivity contribution is -0.118. The number of aromatic amines is 1. The zero-order chi connectivity index (χ0) is 14.6. The van der Waals surface area contributed by atoms with E-state index in [1.165, 1.54) is 0 Å². The number of rotatable bonds is 0. The van der Waals surface area contributed by atoms with E-state index in [1.807, 2.05) is 18.2 Å². The van der Waals surface area contributed by atoms with Crippen LogP contribution in [0, 0.1) is 11.3 Å². The fourth-order valence-corrected chi connectivity index (χ4v) is 3.12. The number of benzene rings is 1. The van der Waals surface area contributed by atoms with Crippen molar-refractivity contribution in [2.45, 2.75) is 5.41 Å². The monoisotopic (exact) mass is 278 g/mol. The van der Waals surface area contributed by atoms with Gasteiger partial charge in [0, 0.05) is 16.8 Å². The SMILES string of the molecule is N#CC1=C(N)Nc2[nH]ncc2C12C(=O)Nc1ccccc12. The molecule has 0 radical (unpaired) electrons. The number of nitrogens with two attached hydrogens (primary N) is 1. The molecule has 0 bridgehead atoms. The van der Waals surface area contributed by atoms with E-state index < -0.39 is 5.41 Å². The molecule has 21 heavy (non-hydrogen) atoms. The largest absolute Gasteiger partial charge is 0.384 e. The number of hydrogen-bond donors (Lipinski definition) is 4. The molecule has 1 amide bonds. The van der Waals surface area contributed by atoms with Gasteiger partial charge in [-0.15, -0.1) is 0 Å². The molecule has 0 saturated heterocycles. The van der Waals surface area contributed by atoms with Gasteiger partial charge in [-0.1, -0.05) is 18.2 Å². The van der Waals surface area contributed by atoms with Crippen LogP contribution in [0.15, 0.2) is 41.9 Å². The lowest BCUT2D eigenvalue weighted by Crippen LogP contribution is -2.42. The molecule has 0 fully saturated rings. The normalized spacial score (nSPS) is 22.3. The number of aromatic nitrogens is 2. The summed E-state index contributed by atoms with van der Waals surface area (Å²) in [6.07, 6.45) is 1.55. The molecular weight excluding hydrogens is 268 g/mol. The molecule has 2 aromatic rings. The zero-order valence-corrected chi connectivity index (χ0v) is 10.8. The van der Waals surface area contributed by atoms with Crippen molar-refractivity contribution in [2.75, 3.05) is 10.6 Å². The third kappa shape index (κ3) is 1.17. The van der Waals surface area contributed by atoms with E-state index in [0.29, 0.717) is 22.6 Å². The second-order valence-electron chi connectivity index (χ2n) is 4.93. The first-order valence-corrected chi connectivity index (χ1v) is 6.31. The van der Waals surface area contributed by atoms with Gasteiger partial charge < -0.3 is 16.4 Å². The molecule has 1 spiro atoms. The Morgan fingerprint density at radius 3 is 2.86 bits per heavy atom. The number of carbonyl (C=O) groups excluding carboxylic acids is 1. The molecule has 7 heteroatoms. The molecule has 1 atom stereocenters. The van der Waals surface area contributed by atoms with Crippen LogP contribution in [0.2, 0.25) is 0 Å². The molecule has 4 rings (SSSR count). The summed E-state index contributed by atoms with van der Waals surface area (Å²) in [5.74, 6) is 0.381. The standard InChI is InChI=1S/C14H10N6O/c15-5-8-11(16)19-12-9(6-17-20-12)14(8)7-3-1-2-4-10(7)18-13(14)21/h1-4,6H,16H2,(H,18,21)(H2,17,19,20). The average Bonchev–Trinajstić information content (AvgIpc) is 3.04. The van der Waals surface area contributed by atoms with Crippen molar-refractivity contribution in [3.8, 4) is 6.07 Å². The number of nitriles is 1. The summed E-state index contributed by atoms with van der Waals surface area (Å²) in [4.78, 5) is 12.8. The highest BCUT2D eigenvalue weighted by atomic mass is 16.2. The van der Waals surface area contributed by atoms with Crippen LogP contribution in [0.3, 0.4) is 0 Å². The van der Waals surface area contributed by atoms with Crippen molar-refractivity contribution in [2.24, 2.45) is 5.73 Å². The number of para-hydroxylation sites is 1. The molecule has 1 aromatic carbocycles. The van der Waals surface area contributed by atoms with Gasteiger partial charge in [0.1, 0.15) is 23.1 Å². The lowest BCUT2D eigenvalue weighted by atomic mass is 9.69. The highest BCUT2D eigenvalue weighted by Crippen LogP contribution is 2.51. The summed E-state index contributed by atoms with van der Waals surface area (Å²) in [6.45, 7) is 0.